The molecule has 0 aliphatic heterocycles. The number of carboxylic acids is 1. The molecule has 0 fully saturated rings. The molecule has 5 nitrogen and oxygen atoms in total. The van der Waals surface area contributed by atoms with Crippen LogP contribution in [0.1, 0.15) is 33.1 Å². The number of hydrogen-bond donors (Lipinski definition) is 2. The van der Waals surface area contributed by atoms with Crippen molar-refractivity contribution < 1.29 is 14.7 Å². The van der Waals surface area contributed by atoms with Crippen LogP contribution in [-0.2, 0) is 9.59 Å². The second-order valence-corrected chi connectivity index (χ2v) is 5.03. The van der Waals surface area contributed by atoms with Gasteiger partial charge in [0.05, 0.1) is 5.57 Å². The van der Waals surface area contributed by atoms with Gasteiger partial charge >= 0.3 is 5.97 Å². The highest BCUT2D eigenvalue weighted by atomic mass is 16.4. The van der Waals surface area contributed by atoms with Crippen LogP contribution in [0.3, 0.4) is 0 Å². The Bertz CT molecular complexity index is 427. The van der Waals surface area contributed by atoms with E-state index in [4.69, 9.17) is 0 Å². The van der Waals surface area contributed by atoms with Gasteiger partial charge in [0.2, 0.25) is 5.91 Å². The molecule has 20 heavy (non-hydrogen) atoms. The van der Waals surface area contributed by atoms with Crippen LogP contribution in [0, 0.1) is 0 Å². The molecular weight excluding hydrogens is 256 g/mol. The normalized spacial score (nSPS) is 18.9. The third-order valence-corrected chi connectivity index (χ3v) is 3.33. The molecule has 0 aromatic carbocycles. The lowest BCUT2D eigenvalue weighted by atomic mass is 10.1. The summed E-state index contributed by atoms with van der Waals surface area (Å²) in [6.45, 7) is 5.44. The van der Waals surface area contributed by atoms with Crippen molar-refractivity contribution in [1.82, 2.24) is 10.2 Å². The zero-order valence-corrected chi connectivity index (χ0v) is 12.5. The highest BCUT2D eigenvalue weighted by Crippen LogP contribution is 2.19. The predicted molar refractivity (Wildman–Crippen MR) is 78.4 cm³/mol. The van der Waals surface area contributed by atoms with Gasteiger partial charge in [0.25, 0.3) is 0 Å². The van der Waals surface area contributed by atoms with Gasteiger partial charge in [-0.3, -0.25) is 4.79 Å². The monoisotopic (exact) mass is 280 g/mol. The molecule has 0 saturated carbocycles. The number of nitrogens with zero attached hydrogens (tertiary/aromatic N) is 1. The van der Waals surface area contributed by atoms with E-state index in [0.29, 0.717) is 18.5 Å². The summed E-state index contributed by atoms with van der Waals surface area (Å²) >= 11 is 0. The molecule has 2 N–H and O–H groups in total. The minimum Gasteiger partial charge on any atom is -0.478 e. The first-order valence-corrected chi connectivity index (χ1v) is 7.14. The predicted octanol–water partition coefficient (Wildman–Crippen LogP) is 1.56. The van der Waals surface area contributed by atoms with E-state index >= 15 is 0 Å². The molecule has 0 bridgehead atoms. The average Bonchev–Trinajstić information content (AvgIpc) is 2.61. The number of aliphatic carboxylic acids is 1. The van der Waals surface area contributed by atoms with E-state index in [-0.39, 0.29) is 17.5 Å². The number of carbonyl (C=O) groups excluding carboxylic acids is 1. The Hall–Kier alpha value is -1.62. The van der Waals surface area contributed by atoms with Crippen molar-refractivity contribution in [3.8, 4) is 0 Å². The van der Waals surface area contributed by atoms with Crippen molar-refractivity contribution in [2.75, 3.05) is 20.1 Å². The molecule has 0 spiro atoms. The first kappa shape index (κ1) is 16.4. The summed E-state index contributed by atoms with van der Waals surface area (Å²) in [5.74, 6) is -1.06. The van der Waals surface area contributed by atoms with Gasteiger partial charge in [-0.15, -0.1) is 0 Å². The second kappa shape index (κ2) is 7.85. The summed E-state index contributed by atoms with van der Waals surface area (Å²) in [4.78, 5) is 25.2. The van der Waals surface area contributed by atoms with Crippen molar-refractivity contribution in [1.29, 1.82) is 0 Å². The van der Waals surface area contributed by atoms with Crippen LogP contribution in [0.5, 0.6) is 0 Å². The molecular formula is C15H24N2O3. The molecule has 1 rings (SSSR count). The summed E-state index contributed by atoms with van der Waals surface area (Å²) in [6, 6.07) is 0.00383. The van der Waals surface area contributed by atoms with Gasteiger partial charge in [-0.05, 0) is 31.9 Å². The van der Waals surface area contributed by atoms with E-state index < -0.39 is 5.97 Å². The number of amides is 1. The highest BCUT2D eigenvalue weighted by Gasteiger charge is 2.21. The Labute approximate surface area is 120 Å². The molecule has 1 unspecified atom stereocenters. The molecule has 0 heterocycles. The zero-order chi connectivity index (χ0) is 15.1. The van der Waals surface area contributed by atoms with Crippen LogP contribution in [0.2, 0.25) is 0 Å². The van der Waals surface area contributed by atoms with Crippen molar-refractivity contribution in [3.63, 3.8) is 0 Å². The SMILES string of the molecule is CCCN(C)C(=O)C1=CC(C(=O)O)=CC(NCC)CC1. The maximum atomic E-state index is 12.3. The molecule has 1 amide bonds. The zero-order valence-electron chi connectivity index (χ0n) is 12.5. The van der Waals surface area contributed by atoms with Gasteiger partial charge in [0.1, 0.15) is 0 Å². The average molecular weight is 280 g/mol. The number of carbonyl (C=O) groups is 2. The summed E-state index contributed by atoms with van der Waals surface area (Å²) in [7, 11) is 1.75. The van der Waals surface area contributed by atoms with E-state index in [1.165, 1.54) is 6.08 Å². The van der Waals surface area contributed by atoms with E-state index in [9.17, 15) is 14.7 Å². The first-order valence-electron chi connectivity index (χ1n) is 7.14. The third kappa shape index (κ3) is 4.49. The topological polar surface area (TPSA) is 69.6 Å². The Morgan fingerprint density at radius 3 is 2.70 bits per heavy atom. The van der Waals surface area contributed by atoms with Crippen LogP contribution in [0.4, 0.5) is 0 Å². The maximum Gasteiger partial charge on any atom is 0.335 e. The fourth-order valence-electron chi connectivity index (χ4n) is 2.33. The number of carboxylic acid groups (broad SMARTS) is 1. The molecule has 1 atom stereocenters. The van der Waals surface area contributed by atoms with Crippen LogP contribution >= 0.6 is 0 Å². The van der Waals surface area contributed by atoms with Crippen LogP contribution < -0.4 is 5.32 Å². The second-order valence-electron chi connectivity index (χ2n) is 5.03. The summed E-state index contributed by atoms with van der Waals surface area (Å²) < 4.78 is 0. The van der Waals surface area contributed by atoms with Gasteiger partial charge < -0.3 is 15.3 Å². The summed E-state index contributed by atoms with van der Waals surface area (Å²) in [6.07, 6.45) is 5.44. The molecule has 0 saturated heterocycles. The molecule has 5 heteroatoms. The minimum absolute atomic E-state index is 0.00383. The third-order valence-electron chi connectivity index (χ3n) is 3.33. The quantitative estimate of drug-likeness (QED) is 0.775. The van der Waals surface area contributed by atoms with Crippen LogP contribution in [0.15, 0.2) is 23.3 Å². The molecule has 0 radical (unpaired) electrons. The van der Waals surface area contributed by atoms with Crippen molar-refractivity contribution >= 4 is 11.9 Å². The molecule has 1 aliphatic carbocycles. The van der Waals surface area contributed by atoms with Gasteiger partial charge in [-0.1, -0.05) is 19.9 Å². The van der Waals surface area contributed by atoms with E-state index in [1.54, 1.807) is 18.0 Å². The molecule has 0 aromatic rings. The Kier molecular flexibility index (Phi) is 6.45. The number of hydrogen-bond acceptors (Lipinski definition) is 3. The molecule has 0 aromatic heterocycles. The summed E-state index contributed by atoms with van der Waals surface area (Å²) in [5, 5.41) is 12.5. The van der Waals surface area contributed by atoms with E-state index in [0.717, 1.165) is 19.4 Å². The van der Waals surface area contributed by atoms with Crippen molar-refractivity contribution in [3.05, 3.63) is 23.3 Å². The Morgan fingerprint density at radius 2 is 2.15 bits per heavy atom. The van der Waals surface area contributed by atoms with Gasteiger partial charge in [0, 0.05) is 25.2 Å². The van der Waals surface area contributed by atoms with Gasteiger partial charge in [-0.25, -0.2) is 4.79 Å². The van der Waals surface area contributed by atoms with Crippen LogP contribution in [0.25, 0.3) is 0 Å². The lowest BCUT2D eigenvalue weighted by Gasteiger charge is -2.18. The maximum absolute atomic E-state index is 12.3. The smallest absolute Gasteiger partial charge is 0.335 e. The fourth-order valence-corrected chi connectivity index (χ4v) is 2.33. The Morgan fingerprint density at radius 1 is 1.45 bits per heavy atom. The Balaban J connectivity index is 2.92. The lowest BCUT2D eigenvalue weighted by Crippen LogP contribution is -2.30. The first-order chi connectivity index (χ1) is 9.49. The van der Waals surface area contributed by atoms with Gasteiger partial charge in [0.15, 0.2) is 0 Å². The summed E-state index contributed by atoms with van der Waals surface area (Å²) in [5.41, 5.74) is 0.775. The minimum atomic E-state index is -0.988. The van der Waals surface area contributed by atoms with Crippen LogP contribution in [-0.4, -0.2) is 48.1 Å². The van der Waals surface area contributed by atoms with Gasteiger partial charge in [-0.2, -0.15) is 0 Å². The van der Waals surface area contributed by atoms with Crippen molar-refractivity contribution in [2.45, 2.75) is 39.2 Å². The number of likely N-dealkylation sites (N-methyl/N-ethyl adjacent to an activating group) is 2. The van der Waals surface area contributed by atoms with E-state index in [1.807, 2.05) is 13.8 Å². The molecule has 1 aliphatic rings. The van der Waals surface area contributed by atoms with Crippen molar-refractivity contribution in [2.24, 2.45) is 0 Å². The number of nitrogens with one attached hydrogen (secondary N) is 1. The largest absolute Gasteiger partial charge is 0.478 e. The molecule has 112 valence electrons. The van der Waals surface area contributed by atoms with E-state index in [2.05, 4.69) is 5.32 Å². The highest BCUT2D eigenvalue weighted by molar-refractivity contribution is 5.98. The standard InChI is InChI=1S/C15H24N2O3/c1-4-8-17(3)14(18)11-6-7-13(16-5-2)10-12(9-11)15(19)20/h9-10,13,16H,4-8H2,1-3H3,(H,19,20). The number of rotatable bonds is 6. The lowest BCUT2D eigenvalue weighted by molar-refractivity contribution is -0.132. The fraction of sp³-hybridized carbons (Fsp3) is 0.600.